The van der Waals surface area contributed by atoms with Gasteiger partial charge in [0, 0.05) is 28.2 Å². The lowest BCUT2D eigenvalue weighted by molar-refractivity contribution is -0.137. The van der Waals surface area contributed by atoms with Gasteiger partial charge < -0.3 is 0 Å². The van der Waals surface area contributed by atoms with Crippen molar-refractivity contribution in [3.8, 4) is 55.6 Å². The molecule has 0 aliphatic carbocycles. The first kappa shape index (κ1) is 50.7. The molecule has 1 heterocycles. The molecule has 0 bridgehead atoms. The lowest BCUT2D eigenvalue weighted by Crippen LogP contribution is -2.15. The summed E-state index contributed by atoms with van der Waals surface area (Å²) < 4.78 is 47.5. The van der Waals surface area contributed by atoms with Crippen molar-refractivity contribution in [3.63, 3.8) is 0 Å². The second-order valence-electron chi connectivity index (χ2n) is 22.5. The van der Waals surface area contributed by atoms with E-state index in [1.54, 1.807) is 11.8 Å². The van der Waals surface area contributed by atoms with Gasteiger partial charge in [-0.05, 0) is 107 Å². The molecule has 0 radical (unpaired) electrons. The minimum atomic E-state index is -4.71. The third-order valence-corrected chi connectivity index (χ3v) is 15.4. The Kier molecular flexibility index (Phi) is 14.2. The van der Waals surface area contributed by atoms with Crippen LogP contribution in [-0.4, -0.2) is 21.6 Å². The summed E-state index contributed by atoms with van der Waals surface area (Å²) in [6.45, 7) is 26.1. The van der Waals surface area contributed by atoms with Crippen molar-refractivity contribution in [1.82, 2.24) is 0 Å². The molecular formula is C63H65F3N2S2. The van der Waals surface area contributed by atoms with Gasteiger partial charge >= 0.3 is 6.18 Å². The molecule has 7 aromatic carbocycles. The van der Waals surface area contributed by atoms with E-state index in [4.69, 9.17) is 9.98 Å². The summed E-state index contributed by atoms with van der Waals surface area (Å²) in [5.74, 6) is 1.40. The zero-order valence-corrected chi connectivity index (χ0v) is 44.3. The van der Waals surface area contributed by atoms with Crippen molar-refractivity contribution < 1.29 is 13.2 Å². The normalized spacial score (nSPS) is 15.2. The topological polar surface area (TPSA) is 24.7 Å². The number of aliphatic imine (C=N–C) groups is 2. The summed E-state index contributed by atoms with van der Waals surface area (Å²) in [7, 11) is 0. The molecule has 0 spiro atoms. The Morgan fingerprint density at radius 1 is 0.343 bits per heavy atom. The second kappa shape index (κ2) is 19.5. The summed E-state index contributed by atoms with van der Waals surface area (Å²) in [6.07, 6.45) is -4.71. The molecule has 1 aliphatic heterocycles. The van der Waals surface area contributed by atoms with E-state index in [9.17, 15) is 0 Å². The molecule has 0 aromatic heterocycles. The van der Waals surface area contributed by atoms with Crippen LogP contribution >= 0.6 is 23.5 Å². The Hall–Kier alpha value is -5.63. The third kappa shape index (κ3) is 11.4. The van der Waals surface area contributed by atoms with Gasteiger partial charge in [-0.1, -0.05) is 210 Å². The van der Waals surface area contributed by atoms with E-state index >= 15 is 13.2 Å². The molecule has 7 heteroatoms. The van der Waals surface area contributed by atoms with Crippen LogP contribution in [-0.2, 0) is 27.8 Å². The highest BCUT2D eigenvalue weighted by molar-refractivity contribution is 8.27. The largest absolute Gasteiger partial charge is 0.418 e. The van der Waals surface area contributed by atoms with Gasteiger partial charge in [-0.25, -0.2) is 9.98 Å². The predicted octanol–water partition coefficient (Wildman–Crippen LogP) is 19.5. The van der Waals surface area contributed by atoms with Gasteiger partial charge in [0.25, 0.3) is 0 Å². The van der Waals surface area contributed by atoms with E-state index in [0.29, 0.717) is 38.1 Å². The van der Waals surface area contributed by atoms with Gasteiger partial charge in [-0.2, -0.15) is 13.2 Å². The fourth-order valence-corrected chi connectivity index (χ4v) is 10.8. The van der Waals surface area contributed by atoms with Crippen LogP contribution in [0.3, 0.4) is 0 Å². The molecular weight excluding hydrogens is 906 g/mol. The fourth-order valence-electron chi connectivity index (χ4n) is 8.73. The highest BCUT2D eigenvalue weighted by Gasteiger charge is 2.37. The van der Waals surface area contributed by atoms with E-state index in [-0.39, 0.29) is 27.3 Å². The molecule has 0 saturated carbocycles. The maximum atomic E-state index is 15.8. The molecule has 0 amide bonds. The summed E-state index contributed by atoms with van der Waals surface area (Å²) in [5, 5.41) is 1.06. The Morgan fingerprint density at radius 3 is 0.986 bits per heavy atom. The smallest absolute Gasteiger partial charge is 0.238 e. The molecule has 1 saturated heterocycles. The number of hydrogen-bond acceptors (Lipinski definition) is 4. The van der Waals surface area contributed by atoms with Gasteiger partial charge in [0.1, 0.15) is 10.1 Å². The maximum absolute atomic E-state index is 15.8. The molecule has 1 fully saturated rings. The van der Waals surface area contributed by atoms with Crippen molar-refractivity contribution in [3.05, 3.63) is 179 Å². The van der Waals surface area contributed by atoms with Crippen molar-refractivity contribution in [2.75, 3.05) is 11.5 Å². The van der Waals surface area contributed by atoms with Gasteiger partial charge in [0.15, 0.2) is 0 Å². The fraction of sp³-hybridized carbons (Fsp3) is 0.302. The summed E-state index contributed by atoms with van der Waals surface area (Å²) in [5.41, 5.74) is 12.4. The lowest BCUT2D eigenvalue weighted by Gasteiger charge is -2.23. The average Bonchev–Trinajstić information content (AvgIpc) is 3.31. The minimum Gasteiger partial charge on any atom is -0.238 e. The summed E-state index contributed by atoms with van der Waals surface area (Å²) >= 11 is 3.01. The van der Waals surface area contributed by atoms with Crippen LogP contribution in [0.5, 0.6) is 0 Å². The first-order valence-corrected chi connectivity index (χ1v) is 26.2. The molecule has 0 unspecified atom stereocenters. The maximum Gasteiger partial charge on any atom is 0.418 e. The average molecular weight is 971 g/mol. The number of nitrogens with zero attached hydrogens (tertiary/aromatic N) is 2. The van der Waals surface area contributed by atoms with Crippen LogP contribution in [0.25, 0.3) is 55.6 Å². The van der Waals surface area contributed by atoms with Gasteiger partial charge in [0.05, 0.1) is 16.9 Å². The third-order valence-electron chi connectivity index (χ3n) is 13.1. The lowest BCUT2D eigenvalue weighted by atomic mass is 9.84. The van der Waals surface area contributed by atoms with Crippen molar-refractivity contribution in [2.24, 2.45) is 9.98 Å². The van der Waals surface area contributed by atoms with E-state index in [2.05, 4.69) is 168 Å². The summed E-state index contributed by atoms with van der Waals surface area (Å²) in [4.78, 5) is 10.7. The number of rotatable bonds is 7. The summed E-state index contributed by atoms with van der Waals surface area (Å²) in [6, 6.07) is 51.2. The molecule has 1 aliphatic rings. The number of benzene rings is 7. The van der Waals surface area contributed by atoms with Crippen LogP contribution in [0.2, 0.25) is 0 Å². The Bertz CT molecular complexity index is 2970. The predicted molar refractivity (Wildman–Crippen MR) is 299 cm³/mol. The first-order valence-electron chi connectivity index (χ1n) is 24.2. The van der Waals surface area contributed by atoms with Crippen LogP contribution < -0.4 is 0 Å². The van der Waals surface area contributed by atoms with Crippen LogP contribution in [0.15, 0.2) is 162 Å². The van der Waals surface area contributed by atoms with E-state index in [0.717, 1.165) is 55.9 Å². The van der Waals surface area contributed by atoms with Crippen molar-refractivity contribution in [1.29, 1.82) is 0 Å². The minimum absolute atomic E-state index is 0.0490. The van der Waals surface area contributed by atoms with Crippen LogP contribution in [0.1, 0.15) is 111 Å². The van der Waals surface area contributed by atoms with Gasteiger partial charge in [-0.15, -0.1) is 23.5 Å². The number of thioether (sulfide) groups is 2. The number of alkyl halides is 3. The molecule has 0 N–H and O–H groups in total. The highest BCUT2D eigenvalue weighted by Crippen LogP contribution is 2.48. The first-order chi connectivity index (χ1) is 32.8. The van der Waals surface area contributed by atoms with Crippen LogP contribution in [0, 0.1) is 0 Å². The van der Waals surface area contributed by atoms with Gasteiger partial charge in [0.2, 0.25) is 0 Å². The molecule has 7 aromatic rings. The standard InChI is InChI=1S/C63H65F3N2S2/c1-59(2,3)47-26-18-41(19-27-47)46-38-53(44-24-32-50(33-25-44)62(10,11)12)56(54(39-46)63(64,65)66)68-58-57(69-34-35-70-58)67-55-51(42-20-28-48(29-21-42)60(4,5)6)36-45(40-16-14-13-15-17-40)37-52(55)43-22-30-49(31-23-43)61(7,8)9/h13-33,36-39H,34-35H2,1-12H3. The Morgan fingerprint density at radius 2 is 0.643 bits per heavy atom. The molecule has 0 atom stereocenters. The van der Waals surface area contributed by atoms with E-state index in [1.807, 2.05) is 60.7 Å². The Labute approximate surface area is 423 Å². The SMILES string of the molecule is CC(C)(C)c1ccc(-c2cc(-c3ccc(C(C)(C)C)cc3)c(N=C3SCCSC3=Nc3c(-c4ccc(C(C)(C)C)cc4)cc(-c4ccccc4)cc3-c3ccc(C(C)(C)C)cc3)c(C(F)(F)F)c2)cc1. The van der Waals surface area contributed by atoms with E-state index < -0.39 is 11.7 Å². The van der Waals surface area contributed by atoms with Crippen molar-refractivity contribution in [2.45, 2.75) is 111 Å². The Balaban J connectivity index is 1.40. The monoisotopic (exact) mass is 970 g/mol. The van der Waals surface area contributed by atoms with E-state index in [1.165, 1.54) is 29.0 Å². The molecule has 70 heavy (non-hydrogen) atoms. The molecule has 8 rings (SSSR count). The molecule has 360 valence electrons. The highest BCUT2D eigenvalue weighted by atomic mass is 32.2. The zero-order valence-electron chi connectivity index (χ0n) is 42.7. The quantitative estimate of drug-likeness (QED) is 0.159. The second-order valence-corrected chi connectivity index (χ2v) is 24.7. The number of hydrogen-bond donors (Lipinski definition) is 0. The van der Waals surface area contributed by atoms with Gasteiger partial charge in [-0.3, -0.25) is 0 Å². The molecule has 2 nitrogen and oxygen atoms in total. The zero-order chi connectivity index (χ0) is 50.4. The number of halogens is 3. The van der Waals surface area contributed by atoms with Crippen molar-refractivity contribution >= 4 is 45.0 Å². The van der Waals surface area contributed by atoms with Crippen LogP contribution in [0.4, 0.5) is 24.5 Å².